The van der Waals surface area contributed by atoms with Crippen LogP contribution in [-0.4, -0.2) is 31.5 Å². The minimum Gasteiger partial charge on any atom is -0.493 e. The van der Waals surface area contributed by atoms with Crippen LogP contribution < -0.4 is 19.5 Å². The van der Waals surface area contributed by atoms with Crippen LogP contribution in [0.4, 0.5) is 18.9 Å². The summed E-state index contributed by atoms with van der Waals surface area (Å²) in [4.78, 5) is 0. The zero-order chi connectivity index (χ0) is 21.0. The molecule has 2 aromatic carbocycles. The lowest BCUT2D eigenvalue weighted by molar-refractivity contribution is -0.138. The number of hydrogen-bond acceptors (Lipinski definition) is 5. The summed E-state index contributed by atoms with van der Waals surface area (Å²) in [6.07, 6.45) is -1.48. The summed E-state index contributed by atoms with van der Waals surface area (Å²) in [5, 5.41) is 9.66. The predicted molar refractivity (Wildman–Crippen MR) is 102 cm³/mol. The van der Waals surface area contributed by atoms with Crippen LogP contribution in [0, 0.1) is 0 Å². The van der Waals surface area contributed by atoms with Crippen molar-refractivity contribution in [3.63, 3.8) is 0 Å². The molecule has 3 aromatic rings. The van der Waals surface area contributed by atoms with E-state index in [1.807, 2.05) is 0 Å². The molecule has 0 radical (unpaired) electrons. The first-order valence-corrected chi connectivity index (χ1v) is 8.60. The van der Waals surface area contributed by atoms with Crippen LogP contribution in [0.15, 0.2) is 48.8 Å². The van der Waals surface area contributed by atoms with Crippen LogP contribution in [-0.2, 0) is 6.18 Å². The maximum Gasteiger partial charge on any atom is 0.416 e. The van der Waals surface area contributed by atoms with Crippen LogP contribution in [0.2, 0.25) is 0 Å². The molecule has 29 heavy (non-hydrogen) atoms. The molecule has 6 nitrogen and oxygen atoms in total. The standard InChI is InChI=1S/C20H20F3N3O3/c1-27-16-8-13(9-17(28-2)19(16)29-3)26-18(12-10-24-25-11-12)14-6-4-5-7-15(14)20(21,22)23/h4-11,18,26H,1-3H3,(H,24,25). The minimum absolute atomic E-state index is 0.0650. The molecule has 0 saturated heterocycles. The fourth-order valence-corrected chi connectivity index (χ4v) is 3.10. The number of aromatic nitrogens is 2. The van der Waals surface area contributed by atoms with Gasteiger partial charge in [-0.05, 0) is 11.6 Å². The SMILES string of the molecule is COc1cc(NC(c2cn[nH]c2)c2ccccc2C(F)(F)F)cc(OC)c1OC. The zero-order valence-electron chi connectivity index (χ0n) is 16.0. The van der Waals surface area contributed by atoms with E-state index >= 15 is 0 Å². The van der Waals surface area contributed by atoms with Crippen molar-refractivity contribution in [1.82, 2.24) is 10.2 Å². The number of halogens is 3. The Kier molecular flexibility index (Phi) is 5.86. The van der Waals surface area contributed by atoms with Crippen molar-refractivity contribution >= 4 is 5.69 Å². The molecule has 0 aliphatic carbocycles. The van der Waals surface area contributed by atoms with E-state index in [1.165, 1.54) is 39.7 Å². The molecule has 3 rings (SSSR count). The number of hydrogen-bond donors (Lipinski definition) is 2. The third-order valence-electron chi connectivity index (χ3n) is 4.41. The number of rotatable bonds is 7. The normalized spacial score (nSPS) is 12.3. The topological polar surface area (TPSA) is 68.4 Å². The molecule has 1 aromatic heterocycles. The average Bonchev–Trinajstić information content (AvgIpc) is 3.25. The van der Waals surface area contributed by atoms with E-state index in [2.05, 4.69) is 15.5 Å². The zero-order valence-corrected chi connectivity index (χ0v) is 16.0. The summed E-state index contributed by atoms with van der Waals surface area (Å²) in [7, 11) is 4.41. The van der Waals surface area contributed by atoms with E-state index in [-0.39, 0.29) is 5.56 Å². The summed E-state index contributed by atoms with van der Waals surface area (Å²) in [6, 6.07) is 7.85. The highest BCUT2D eigenvalue weighted by atomic mass is 19.4. The van der Waals surface area contributed by atoms with Crippen molar-refractivity contribution in [3.8, 4) is 17.2 Å². The number of methoxy groups -OCH3 is 3. The van der Waals surface area contributed by atoms with Crippen LogP contribution in [0.1, 0.15) is 22.7 Å². The molecule has 0 aliphatic rings. The highest BCUT2D eigenvalue weighted by Crippen LogP contribution is 2.42. The Hall–Kier alpha value is -3.36. The molecule has 2 N–H and O–H groups in total. The van der Waals surface area contributed by atoms with E-state index in [0.29, 0.717) is 28.5 Å². The van der Waals surface area contributed by atoms with Gasteiger partial charge in [0.1, 0.15) is 0 Å². The fourth-order valence-electron chi connectivity index (χ4n) is 3.10. The Bertz CT molecular complexity index is 934. The minimum atomic E-state index is -4.50. The monoisotopic (exact) mass is 407 g/mol. The molecule has 1 heterocycles. The predicted octanol–water partition coefficient (Wildman–Crippen LogP) is 4.66. The van der Waals surface area contributed by atoms with Gasteiger partial charge in [0.15, 0.2) is 11.5 Å². The van der Waals surface area contributed by atoms with Crippen molar-refractivity contribution in [2.24, 2.45) is 0 Å². The largest absolute Gasteiger partial charge is 0.493 e. The summed E-state index contributed by atoms with van der Waals surface area (Å²) < 4.78 is 56.8. The lowest BCUT2D eigenvalue weighted by Gasteiger charge is -2.24. The Labute approximate surface area is 165 Å². The number of nitrogens with one attached hydrogen (secondary N) is 2. The van der Waals surface area contributed by atoms with Gasteiger partial charge in [0.25, 0.3) is 0 Å². The van der Waals surface area contributed by atoms with Crippen LogP contribution in [0.3, 0.4) is 0 Å². The maximum atomic E-state index is 13.6. The summed E-state index contributed by atoms with van der Waals surface area (Å²) in [5.74, 6) is 1.14. The Morgan fingerprint density at radius 2 is 1.66 bits per heavy atom. The average molecular weight is 407 g/mol. The van der Waals surface area contributed by atoms with Crippen molar-refractivity contribution in [2.75, 3.05) is 26.6 Å². The second kappa shape index (κ2) is 8.34. The Morgan fingerprint density at radius 3 is 2.17 bits per heavy atom. The van der Waals surface area contributed by atoms with Gasteiger partial charge < -0.3 is 19.5 Å². The second-order valence-corrected chi connectivity index (χ2v) is 6.11. The van der Waals surface area contributed by atoms with Gasteiger partial charge in [0, 0.05) is 29.6 Å². The van der Waals surface area contributed by atoms with Gasteiger partial charge in [-0.25, -0.2) is 0 Å². The molecule has 0 amide bonds. The van der Waals surface area contributed by atoms with Gasteiger partial charge in [-0.15, -0.1) is 0 Å². The molecule has 0 saturated carbocycles. The smallest absolute Gasteiger partial charge is 0.416 e. The van der Waals surface area contributed by atoms with E-state index < -0.39 is 17.8 Å². The number of benzene rings is 2. The van der Waals surface area contributed by atoms with E-state index in [0.717, 1.165) is 6.07 Å². The molecular weight excluding hydrogens is 387 g/mol. The first-order chi connectivity index (χ1) is 13.9. The molecule has 154 valence electrons. The van der Waals surface area contributed by atoms with Crippen LogP contribution >= 0.6 is 0 Å². The molecule has 0 fully saturated rings. The van der Waals surface area contributed by atoms with Gasteiger partial charge in [-0.2, -0.15) is 18.3 Å². The van der Waals surface area contributed by atoms with Crippen molar-refractivity contribution < 1.29 is 27.4 Å². The maximum absolute atomic E-state index is 13.6. The first kappa shape index (κ1) is 20.4. The van der Waals surface area contributed by atoms with Crippen molar-refractivity contribution in [3.05, 3.63) is 65.5 Å². The number of aromatic amines is 1. The highest BCUT2D eigenvalue weighted by molar-refractivity contribution is 5.64. The second-order valence-electron chi connectivity index (χ2n) is 6.11. The third-order valence-corrected chi connectivity index (χ3v) is 4.41. The quantitative estimate of drug-likeness (QED) is 0.597. The van der Waals surface area contributed by atoms with Gasteiger partial charge in [0.05, 0.1) is 39.1 Å². The fraction of sp³-hybridized carbons (Fsp3) is 0.250. The molecule has 1 unspecified atom stereocenters. The lowest BCUT2D eigenvalue weighted by atomic mass is 9.95. The van der Waals surface area contributed by atoms with E-state index in [9.17, 15) is 13.2 Å². The van der Waals surface area contributed by atoms with Gasteiger partial charge in [-0.3, -0.25) is 5.10 Å². The van der Waals surface area contributed by atoms with Crippen molar-refractivity contribution in [2.45, 2.75) is 12.2 Å². The van der Waals surface area contributed by atoms with Gasteiger partial charge in [0.2, 0.25) is 5.75 Å². The number of alkyl halides is 3. The lowest BCUT2D eigenvalue weighted by Crippen LogP contribution is -2.18. The number of ether oxygens (including phenoxy) is 3. The third kappa shape index (κ3) is 4.23. The molecule has 9 heteroatoms. The van der Waals surface area contributed by atoms with E-state index in [4.69, 9.17) is 14.2 Å². The molecular formula is C20H20F3N3O3. The number of anilines is 1. The molecule has 0 bridgehead atoms. The van der Waals surface area contributed by atoms with E-state index in [1.54, 1.807) is 24.4 Å². The number of H-pyrrole nitrogens is 1. The van der Waals surface area contributed by atoms with Crippen molar-refractivity contribution in [1.29, 1.82) is 0 Å². The van der Waals surface area contributed by atoms with Gasteiger partial charge in [-0.1, -0.05) is 18.2 Å². The Balaban J connectivity index is 2.11. The molecule has 0 spiro atoms. The number of nitrogens with zero attached hydrogens (tertiary/aromatic N) is 1. The Morgan fingerprint density at radius 1 is 1.00 bits per heavy atom. The highest BCUT2D eigenvalue weighted by Gasteiger charge is 2.35. The first-order valence-electron chi connectivity index (χ1n) is 8.60. The van der Waals surface area contributed by atoms with Crippen LogP contribution in [0.5, 0.6) is 17.2 Å². The molecule has 0 aliphatic heterocycles. The van der Waals surface area contributed by atoms with Crippen LogP contribution in [0.25, 0.3) is 0 Å². The molecule has 1 atom stereocenters. The summed E-state index contributed by atoms with van der Waals surface area (Å²) in [5.41, 5.74) is 0.361. The summed E-state index contributed by atoms with van der Waals surface area (Å²) in [6.45, 7) is 0. The summed E-state index contributed by atoms with van der Waals surface area (Å²) >= 11 is 0. The van der Waals surface area contributed by atoms with Gasteiger partial charge >= 0.3 is 6.18 Å².